The van der Waals surface area contributed by atoms with E-state index in [0.29, 0.717) is 12.1 Å². The number of allylic oxidation sites excluding steroid dienone is 1. The van der Waals surface area contributed by atoms with Crippen LogP contribution in [0.15, 0.2) is 12.1 Å². The van der Waals surface area contributed by atoms with Crippen LogP contribution in [-0.2, 0) is 37.5 Å². The minimum absolute atomic E-state index is 0. The Labute approximate surface area is 153 Å². The molecule has 0 aromatic heterocycles. The predicted molar refractivity (Wildman–Crippen MR) is 72.8 cm³/mol. The smallest absolute Gasteiger partial charge is 0.235 e. The fourth-order valence-corrected chi connectivity index (χ4v) is 2.51. The van der Waals surface area contributed by atoms with Crippen LogP contribution in [0.2, 0.25) is 0 Å². The van der Waals surface area contributed by atoms with E-state index in [4.69, 9.17) is 0 Å². The number of hydrogen-bond acceptors (Lipinski definition) is 1. The number of rotatable bonds is 2. The maximum atomic E-state index is 13.7. The second kappa shape index (κ2) is 7.36. The third-order valence-electron chi connectivity index (χ3n) is 2.81. The van der Waals surface area contributed by atoms with Crippen LogP contribution in [0.4, 0.5) is 13.2 Å². The molecular weight excluding hydrogens is 459 g/mol. The van der Waals surface area contributed by atoms with E-state index in [1.165, 1.54) is 4.90 Å². The molecule has 1 aliphatic heterocycles. The van der Waals surface area contributed by atoms with Crippen LogP contribution in [0.1, 0.15) is 18.9 Å². The molecule has 1 amide bonds. The molecule has 0 fully saturated rings. The minimum atomic E-state index is -1.03. The summed E-state index contributed by atoms with van der Waals surface area (Å²) in [6.45, 7) is 1.98. The van der Waals surface area contributed by atoms with Crippen molar-refractivity contribution in [2.45, 2.75) is 17.3 Å². The first-order chi connectivity index (χ1) is 8.95. The molecule has 1 aromatic carbocycles. The number of nitrogens with zero attached hydrogens (tertiary/aromatic N) is 1. The second-order valence-electron chi connectivity index (χ2n) is 4.02. The number of benzene rings is 1. The van der Waals surface area contributed by atoms with Crippen LogP contribution in [0.25, 0.3) is 5.70 Å². The molecule has 1 heterocycles. The number of hydrogen-bond donors (Lipinski definition) is 0. The van der Waals surface area contributed by atoms with Gasteiger partial charge in [0, 0.05) is 39.3 Å². The molecule has 0 N–H and O–H groups in total. The first kappa shape index (κ1) is 18.1. The van der Waals surface area contributed by atoms with Crippen LogP contribution in [0.3, 0.4) is 0 Å². The summed E-state index contributed by atoms with van der Waals surface area (Å²) in [5.41, 5.74) is -0.352. The predicted octanol–water partition coefficient (Wildman–Crippen LogP) is 3.30. The minimum Gasteiger partial charge on any atom is -0.347 e. The topological polar surface area (TPSA) is 20.3 Å². The zero-order valence-electron chi connectivity index (χ0n) is 10.6. The van der Waals surface area contributed by atoms with Gasteiger partial charge >= 0.3 is 0 Å². The van der Waals surface area contributed by atoms with Crippen molar-refractivity contribution in [3.8, 4) is 0 Å². The maximum absolute atomic E-state index is 13.7. The molecule has 1 aliphatic rings. The van der Waals surface area contributed by atoms with Gasteiger partial charge in [0.25, 0.3) is 0 Å². The van der Waals surface area contributed by atoms with E-state index < -0.39 is 23.0 Å². The average molecular weight is 469 g/mol. The van der Waals surface area contributed by atoms with Crippen LogP contribution in [-0.4, -0.2) is 21.3 Å². The van der Waals surface area contributed by atoms with Gasteiger partial charge in [-0.15, -0.1) is 5.70 Å². The van der Waals surface area contributed by atoms with Gasteiger partial charge in [0.2, 0.25) is 5.91 Å². The summed E-state index contributed by atoms with van der Waals surface area (Å²) in [5, 5.41) is 0. The van der Waals surface area contributed by atoms with Gasteiger partial charge < -0.3 is 4.90 Å². The zero-order chi connectivity index (χ0) is 14.2. The Hall–Kier alpha value is 0.0539. The summed E-state index contributed by atoms with van der Waals surface area (Å²) in [4.78, 5) is 13.2. The Morgan fingerprint density at radius 2 is 1.90 bits per heavy atom. The molecule has 0 saturated heterocycles. The summed E-state index contributed by atoms with van der Waals surface area (Å²) >= 11 is 1.96. The Morgan fingerprint density at radius 1 is 1.35 bits per heavy atom. The van der Waals surface area contributed by atoms with Gasteiger partial charge in [-0.1, -0.05) is 34.6 Å². The summed E-state index contributed by atoms with van der Waals surface area (Å²) in [5.74, 6) is -3.27. The largest absolute Gasteiger partial charge is 0.347 e. The first-order valence-corrected chi connectivity index (χ1v) is 6.91. The van der Waals surface area contributed by atoms with Gasteiger partial charge in [0.05, 0.1) is 15.6 Å². The summed E-state index contributed by atoms with van der Waals surface area (Å²) in [6.07, 6.45) is 3.11. The molecule has 1 atom stereocenters. The van der Waals surface area contributed by atoms with Crippen LogP contribution < -0.4 is 0 Å². The SMILES string of the molecule is CCN1C(=O)C(I)C[C-]=C1c1c(F)cc(F)cc1F.[Y]. The molecule has 0 spiro atoms. The van der Waals surface area contributed by atoms with Crippen molar-refractivity contribution in [3.63, 3.8) is 0 Å². The van der Waals surface area contributed by atoms with E-state index in [0.717, 1.165) is 0 Å². The van der Waals surface area contributed by atoms with Crippen molar-refractivity contribution in [2.24, 2.45) is 0 Å². The van der Waals surface area contributed by atoms with Crippen molar-refractivity contribution in [2.75, 3.05) is 6.54 Å². The Balaban J connectivity index is 0.00000200. The van der Waals surface area contributed by atoms with Gasteiger partial charge in [-0.3, -0.25) is 4.79 Å². The Morgan fingerprint density at radius 3 is 2.40 bits per heavy atom. The molecule has 105 valence electrons. The number of amides is 1. The van der Waals surface area contributed by atoms with Gasteiger partial charge in [-0.05, 0) is 19.1 Å². The van der Waals surface area contributed by atoms with E-state index in [-0.39, 0.29) is 61.2 Å². The summed E-state index contributed by atoms with van der Waals surface area (Å²) in [6, 6.07) is 1.20. The quantitative estimate of drug-likeness (QED) is 0.370. The average Bonchev–Trinajstić information content (AvgIpc) is 2.32. The standard InChI is InChI=1S/C13H10F3INO.Y/c1-2-18-11(4-3-10(17)13(18)19)12-8(15)5-7(14)6-9(12)16;/h5-6,10H,2-3H2,1H3;/q-1;. The molecule has 1 unspecified atom stereocenters. The zero-order valence-corrected chi connectivity index (χ0v) is 15.6. The molecule has 2 rings (SSSR count). The molecule has 2 nitrogen and oxygen atoms in total. The van der Waals surface area contributed by atoms with Crippen molar-refractivity contribution >= 4 is 34.2 Å². The molecule has 20 heavy (non-hydrogen) atoms. The van der Waals surface area contributed by atoms with Crippen LogP contribution in [0.5, 0.6) is 0 Å². The van der Waals surface area contributed by atoms with E-state index in [9.17, 15) is 18.0 Å². The summed E-state index contributed by atoms with van der Waals surface area (Å²) in [7, 11) is 0. The molecule has 1 aromatic rings. The number of carbonyl (C=O) groups excluding carboxylic acids is 1. The maximum Gasteiger partial charge on any atom is 0.235 e. The summed E-state index contributed by atoms with van der Waals surface area (Å²) < 4.78 is 40.1. The fourth-order valence-electron chi connectivity index (χ4n) is 1.95. The first-order valence-electron chi connectivity index (χ1n) is 5.67. The molecule has 0 saturated carbocycles. The Bertz CT molecular complexity index is 542. The van der Waals surface area contributed by atoms with Gasteiger partial charge in [-0.25, -0.2) is 19.2 Å². The van der Waals surface area contributed by atoms with E-state index in [2.05, 4.69) is 6.08 Å². The Kier molecular flexibility index (Phi) is 6.66. The fraction of sp³-hybridized carbons (Fsp3) is 0.308. The van der Waals surface area contributed by atoms with E-state index >= 15 is 0 Å². The molecule has 0 bridgehead atoms. The second-order valence-corrected chi connectivity index (χ2v) is 5.53. The molecule has 1 radical (unpaired) electrons. The number of halogens is 4. The monoisotopic (exact) mass is 469 g/mol. The molecular formula is C13H10F3INOY-. The van der Waals surface area contributed by atoms with E-state index in [1.807, 2.05) is 22.6 Å². The normalized spacial score (nSPS) is 18.6. The van der Waals surface area contributed by atoms with Crippen molar-refractivity contribution in [1.82, 2.24) is 4.90 Å². The number of alkyl halides is 1. The van der Waals surface area contributed by atoms with Gasteiger partial charge in [-0.2, -0.15) is 0 Å². The van der Waals surface area contributed by atoms with Crippen molar-refractivity contribution in [1.29, 1.82) is 0 Å². The van der Waals surface area contributed by atoms with Crippen LogP contribution >= 0.6 is 22.6 Å². The third-order valence-corrected chi connectivity index (χ3v) is 3.79. The van der Waals surface area contributed by atoms with Crippen molar-refractivity contribution in [3.05, 3.63) is 41.2 Å². The third kappa shape index (κ3) is 3.44. The van der Waals surface area contributed by atoms with Crippen molar-refractivity contribution < 1.29 is 50.7 Å². The van der Waals surface area contributed by atoms with E-state index in [1.54, 1.807) is 6.92 Å². The molecule has 0 aliphatic carbocycles. The van der Waals surface area contributed by atoms with Crippen LogP contribution in [0, 0.1) is 23.5 Å². The van der Waals surface area contributed by atoms with Gasteiger partial charge in [0.1, 0.15) is 5.82 Å². The number of carbonyl (C=O) groups is 1. The van der Waals surface area contributed by atoms with Gasteiger partial charge in [0.15, 0.2) is 0 Å². The molecule has 7 heteroatoms.